The zero-order chi connectivity index (χ0) is 13.7. The molecule has 0 saturated carbocycles. The van der Waals surface area contributed by atoms with Gasteiger partial charge in [-0.15, -0.1) is 10.2 Å². The standard InChI is InChI=1S/C10H13N5O3S/c1-2-18-8-3-5-9(6-4-8)19(16,17)11-7-10-12-14-15-13-10/h3-6,11H,2,7H2,1H3,(H,12,13,14,15). The number of hydrogen-bond acceptors (Lipinski definition) is 6. The third-order valence-electron chi connectivity index (χ3n) is 2.25. The van der Waals surface area contributed by atoms with Gasteiger partial charge in [0.05, 0.1) is 18.0 Å². The minimum Gasteiger partial charge on any atom is -0.494 e. The lowest BCUT2D eigenvalue weighted by atomic mass is 10.3. The maximum Gasteiger partial charge on any atom is 0.240 e. The highest BCUT2D eigenvalue weighted by atomic mass is 32.2. The molecule has 0 amide bonds. The van der Waals surface area contributed by atoms with Crippen LogP contribution in [0, 0.1) is 0 Å². The Kier molecular flexibility index (Phi) is 4.07. The Balaban J connectivity index is 2.06. The summed E-state index contributed by atoms with van der Waals surface area (Å²) in [6.07, 6.45) is 0. The molecule has 1 aromatic carbocycles. The Morgan fingerprint density at radius 3 is 2.63 bits per heavy atom. The van der Waals surface area contributed by atoms with Crippen molar-refractivity contribution in [3.63, 3.8) is 0 Å². The fraction of sp³-hybridized carbons (Fsp3) is 0.300. The number of H-pyrrole nitrogens is 1. The molecule has 2 rings (SSSR count). The van der Waals surface area contributed by atoms with Crippen molar-refractivity contribution in [2.75, 3.05) is 6.61 Å². The van der Waals surface area contributed by atoms with Crippen molar-refractivity contribution in [2.24, 2.45) is 0 Å². The third-order valence-corrected chi connectivity index (χ3v) is 3.67. The Morgan fingerprint density at radius 2 is 2.05 bits per heavy atom. The van der Waals surface area contributed by atoms with Gasteiger partial charge in [0.2, 0.25) is 10.0 Å². The van der Waals surface area contributed by atoms with Gasteiger partial charge >= 0.3 is 0 Å². The number of hydrogen-bond donors (Lipinski definition) is 2. The largest absolute Gasteiger partial charge is 0.494 e. The summed E-state index contributed by atoms with van der Waals surface area (Å²) in [6.45, 7) is 2.37. The Bertz CT molecular complexity index is 609. The maximum atomic E-state index is 12.0. The molecule has 0 bridgehead atoms. The van der Waals surface area contributed by atoms with Crippen LogP contribution in [0.1, 0.15) is 12.7 Å². The molecule has 2 N–H and O–H groups in total. The smallest absolute Gasteiger partial charge is 0.240 e. The van der Waals surface area contributed by atoms with Gasteiger partial charge in [-0.25, -0.2) is 13.1 Å². The first-order valence-electron chi connectivity index (χ1n) is 5.56. The predicted octanol–water partition coefficient (Wildman–Crippen LogP) is 0.0769. The van der Waals surface area contributed by atoms with Gasteiger partial charge in [-0.05, 0) is 31.2 Å². The lowest BCUT2D eigenvalue weighted by Crippen LogP contribution is -2.23. The van der Waals surface area contributed by atoms with Crippen molar-refractivity contribution in [1.82, 2.24) is 25.3 Å². The van der Waals surface area contributed by atoms with E-state index in [0.717, 1.165) is 0 Å². The van der Waals surface area contributed by atoms with Crippen molar-refractivity contribution in [2.45, 2.75) is 18.4 Å². The normalized spacial score (nSPS) is 11.4. The number of aromatic amines is 1. The molecule has 0 unspecified atom stereocenters. The molecule has 9 heteroatoms. The number of tetrazole rings is 1. The molecule has 0 aliphatic carbocycles. The fourth-order valence-electron chi connectivity index (χ4n) is 1.38. The summed E-state index contributed by atoms with van der Waals surface area (Å²) in [5.74, 6) is 0.897. The molecule has 1 aromatic heterocycles. The van der Waals surface area contributed by atoms with Crippen LogP contribution in [0.25, 0.3) is 0 Å². The van der Waals surface area contributed by atoms with Gasteiger partial charge in [0.1, 0.15) is 5.75 Å². The van der Waals surface area contributed by atoms with Crippen LogP contribution in [-0.4, -0.2) is 35.6 Å². The van der Waals surface area contributed by atoms with E-state index in [2.05, 4.69) is 25.3 Å². The van der Waals surface area contributed by atoms with Gasteiger partial charge in [-0.3, -0.25) is 0 Å². The second kappa shape index (κ2) is 5.76. The summed E-state index contributed by atoms with van der Waals surface area (Å²) in [6, 6.07) is 6.16. The Morgan fingerprint density at radius 1 is 1.32 bits per heavy atom. The first-order chi connectivity index (χ1) is 9.12. The van der Waals surface area contributed by atoms with E-state index < -0.39 is 10.0 Å². The molecular weight excluding hydrogens is 270 g/mol. The highest BCUT2D eigenvalue weighted by Crippen LogP contribution is 2.15. The van der Waals surface area contributed by atoms with E-state index in [-0.39, 0.29) is 17.3 Å². The molecule has 2 aromatic rings. The van der Waals surface area contributed by atoms with Gasteiger partial charge in [0.25, 0.3) is 0 Å². The lowest BCUT2D eigenvalue weighted by molar-refractivity contribution is 0.340. The summed E-state index contributed by atoms with van der Waals surface area (Å²) in [5, 5.41) is 12.9. The van der Waals surface area contributed by atoms with Crippen molar-refractivity contribution in [1.29, 1.82) is 0 Å². The van der Waals surface area contributed by atoms with Crippen LogP contribution in [0.4, 0.5) is 0 Å². The van der Waals surface area contributed by atoms with E-state index >= 15 is 0 Å². The molecule has 1 heterocycles. The lowest BCUT2D eigenvalue weighted by Gasteiger charge is -2.06. The Labute approximate surface area is 110 Å². The summed E-state index contributed by atoms with van der Waals surface area (Å²) in [5.41, 5.74) is 0. The van der Waals surface area contributed by atoms with E-state index in [9.17, 15) is 8.42 Å². The van der Waals surface area contributed by atoms with Gasteiger partial charge < -0.3 is 4.74 Å². The number of benzene rings is 1. The molecular formula is C10H13N5O3S. The average molecular weight is 283 g/mol. The zero-order valence-electron chi connectivity index (χ0n) is 10.2. The van der Waals surface area contributed by atoms with Crippen LogP contribution in [0.2, 0.25) is 0 Å². The van der Waals surface area contributed by atoms with E-state index in [0.29, 0.717) is 12.4 Å². The van der Waals surface area contributed by atoms with Crippen molar-refractivity contribution >= 4 is 10.0 Å². The topological polar surface area (TPSA) is 110 Å². The molecule has 0 atom stereocenters. The van der Waals surface area contributed by atoms with E-state index in [1.54, 1.807) is 12.1 Å². The predicted molar refractivity (Wildman–Crippen MR) is 65.8 cm³/mol. The zero-order valence-corrected chi connectivity index (χ0v) is 11.0. The number of nitrogens with one attached hydrogen (secondary N) is 2. The van der Waals surface area contributed by atoms with Gasteiger partial charge in [-0.2, -0.15) is 5.21 Å². The number of ether oxygens (including phenoxy) is 1. The molecule has 0 saturated heterocycles. The molecule has 0 radical (unpaired) electrons. The van der Waals surface area contributed by atoms with Crippen LogP contribution >= 0.6 is 0 Å². The van der Waals surface area contributed by atoms with Gasteiger partial charge in [0.15, 0.2) is 5.82 Å². The molecule has 0 fully saturated rings. The first-order valence-corrected chi connectivity index (χ1v) is 7.05. The number of nitrogens with zero attached hydrogens (tertiary/aromatic N) is 3. The van der Waals surface area contributed by atoms with E-state index in [4.69, 9.17) is 4.74 Å². The first kappa shape index (κ1) is 13.4. The molecule has 102 valence electrons. The summed E-state index contributed by atoms with van der Waals surface area (Å²) in [4.78, 5) is 0.152. The van der Waals surface area contributed by atoms with Gasteiger partial charge in [0, 0.05) is 0 Å². The molecule has 0 aliphatic rings. The second-order valence-corrected chi connectivity index (χ2v) is 5.32. The monoisotopic (exact) mass is 283 g/mol. The van der Waals surface area contributed by atoms with Gasteiger partial charge in [-0.1, -0.05) is 5.21 Å². The highest BCUT2D eigenvalue weighted by molar-refractivity contribution is 7.89. The number of aromatic nitrogens is 4. The van der Waals surface area contributed by atoms with E-state index in [1.165, 1.54) is 12.1 Å². The van der Waals surface area contributed by atoms with Crippen molar-refractivity contribution in [3.05, 3.63) is 30.1 Å². The summed E-state index contributed by atoms with van der Waals surface area (Å²) < 4.78 is 31.5. The van der Waals surface area contributed by atoms with Crippen LogP contribution in [0.15, 0.2) is 29.2 Å². The van der Waals surface area contributed by atoms with Crippen LogP contribution in [0.3, 0.4) is 0 Å². The molecule has 8 nitrogen and oxygen atoms in total. The SMILES string of the molecule is CCOc1ccc(S(=O)(=O)NCc2nn[nH]n2)cc1. The van der Waals surface area contributed by atoms with Crippen molar-refractivity contribution in [3.8, 4) is 5.75 Å². The highest BCUT2D eigenvalue weighted by Gasteiger charge is 2.14. The second-order valence-electron chi connectivity index (χ2n) is 3.56. The maximum absolute atomic E-state index is 12.0. The van der Waals surface area contributed by atoms with Crippen LogP contribution in [0.5, 0.6) is 5.75 Å². The minimum absolute atomic E-state index is 0.0218. The third kappa shape index (κ3) is 3.48. The average Bonchev–Trinajstić information content (AvgIpc) is 2.91. The van der Waals surface area contributed by atoms with Crippen LogP contribution < -0.4 is 9.46 Å². The number of rotatable bonds is 6. The minimum atomic E-state index is -3.60. The number of sulfonamides is 1. The fourth-order valence-corrected chi connectivity index (χ4v) is 2.36. The molecule has 19 heavy (non-hydrogen) atoms. The molecule has 0 aliphatic heterocycles. The van der Waals surface area contributed by atoms with E-state index in [1.807, 2.05) is 6.92 Å². The summed E-state index contributed by atoms with van der Waals surface area (Å²) in [7, 11) is -3.60. The van der Waals surface area contributed by atoms with Crippen LogP contribution in [-0.2, 0) is 16.6 Å². The Hall–Kier alpha value is -2.00. The summed E-state index contributed by atoms with van der Waals surface area (Å²) >= 11 is 0. The van der Waals surface area contributed by atoms with Crippen molar-refractivity contribution < 1.29 is 13.2 Å². The quantitative estimate of drug-likeness (QED) is 0.776. The molecule has 0 spiro atoms.